The van der Waals surface area contributed by atoms with Gasteiger partial charge in [-0.15, -0.1) is 0 Å². The number of hydrogen-bond donors (Lipinski definition) is 2. The van der Waals surface area contributed by atoms with E-state index < -0.39 is 16.1 Å². The minimum atomic E-state index is -3.63. The van der Waals surface area contributed by atoms with E-state index in [1.165, 1.54) is 0 Å². The molecule has 1 saturated heterocycles. The second kappa shape index (κ2) is 5.92. The molecule has 0 radical (unpaired) electrons. The minimum absolute atomic E-state index is 0.248. The van der Waals surface area contributed by atoms with E-state index in [0.29, 0.717) is 17.8 Å². The summed E-state index contributed by atoms with van der Waals surface area (Å²) in [6.07, 6.45) is -0.788. The van der Waals surface area contributed by atoms with Crippen molar-refractivity contribution in [2.24, 2.45) is 0 Å². The number of hydrogen-bond acceptors (Lipinski definition) is 4. The van der Waals surface area contributed by atoms with E-state index in [-0.39, 0.29) is 11.0 Å². The normalized spacial score (nSPS) is 17.4. The van der Waals surface area contributed by atoms with Gasteiger partial charge in [0.05, 0.1) is 11.4 Å². The molecule has 0 aliphatic carbocycles. The topological polar surface area (TPSA) is 84.5 Å². The number of nitrogens with one attached hydrogen (secondary N) is 2. The van der Waals surface area contributed by atoms with Crippen molar-refractivity contribution in [2.45, 2.75) is 17.9 Å². The van der Waals surface area contributed by atoms with Crippen LogP contribution in [0.4, 0.5) is 10.5 Å². The van der Waals surface area contributed by atoms with Crippen LogP contribution in [0.2, 0.25) is 0 Å². The first-order chi connectivity index (χ1) is 11.0. The molecule has 1 aliphatic heterocycles. The van der Waals surface area contributed by atoms with E-state index >= 15 is 0 Å². The Hall–Kier alpha value is -2.54. The monoisotopic (exact) mass is 332 g/mol. The van der Waals surface area contributed by atoms with Gasteiger partial charge in [-0.3, -0.25) is 4.72 Å². The number of cyclic esters (lactones) is 1. The molecule has 1 fully saturated rings. The molecule has 7 heteroatoms. The van der Waals surface area contributed by atoms with Gasteiger partial charge in [0.1, 0.15) is 6.10 Å². The number of sulfonamides is 1. The fraction of sp³-hybridized carbons (Fsp3) is 0.188. The van der Waals surface area contributed by atoms with Gasteiger partial charge in [0.15, 0.2) is 0 Å². The van der Waals surface area contributed by atoms with Crippen molar-refractivity contribution in [3.63, 3.8) is 0 Å². The van der Waals surface area contributed by atoms with Crippen LogP contribution in [-0.2, 0) is 14.8 Å². The van der Waals surface area contributed by atoms with Gasteiger partial charge < -0.3 is 10.1 Å². The molecule has 2 aromatic rings. The Morgan fingerprint density at radius 2 is 1.83 bits per heavy atom. The number of rotatable bonds is 4. The number of anilines is 1. The van der Waals surface area contributed by atoms with Crippen LogP contribution >= 0.6 is 0 Å². The van der Waals surface area contributed by atoms with Gasteiger partial charge in [-0.25, -0.2) is 13.2 Å². The van der Waals surface area contributed by atoms with Gasteiger partial charge in [-0.1, -0.05) is 30.3 Å². The third-order valence-electron chi connectivity index (χ3n) is 3.60. The number of ether oxygens (including phenoxy) is 1. The van der Waals surface area contributed by atoms with Crippen molar-refractivity contribution in [3.05, 3.63) is 59.7 Å². The lowest BCUT2D eigenvalue weighted by Gasteiger charge is -2.12. The van der Waals surface area contributed by atoms with E-state index in [9.17, 15) is 13.2 Å². The molecular weight excluding hydrogens is 316 g/mol. The maximum Gasteiger partial charge on any atom is 0.407 e. The summed E-state index contributed by atoms with van der Waals surface area (Å²) in [4.78, 5) is 11.3. The molecule has 1 aliphatic rings. The van der Waals surface area contributed by atoms with Crippen molar-refractivity contribution < 1.29 is 17.9 Å². The zero-order valence-electron chi connectivity index (χ0n) is 12.4. The van der Waals surface area contributed by atoms with E-state index in [1.54, 1.807) is 55.5 Å². The number of aryl methyl sites for hydroxylation is 1. The highest BCUT2D eigenvalue weighted by Gasteiger charge is 2.24. The standard InChI is InChI=1S/C16H16N2O4S/c1-11-4-2-3-5-15(11)23(20,21)18-13-8-6-12(7-9-13)14-10-17-16(19)22-14/h2-9,14,18H,10H2,1H3,(H,17,19). The molecule has 2 aromatic carbocycles. The predicted molar refractivity (Wildman–Crippen MR) is 85.7 cm³/mol. The van der Waals surface area contributed by atoms with Crippen LogP contribution in [0, 0.1) is 6.92 Å². The SMILES string of the molecule is Cc1ccccc1S(=O)(=O)Nc1ccc(C2CNC(=O)O2)cc1. The summed E-state index contributed by atoms with van der Waals surface area (Å²) in [7, 11) is -3.63. The van der Waals surface area contributed by atoms with Gasteiger partial charge in [-0.2, -0.15) is 0 Å². The summed E-state index contributed by atoms with van der Waals surface area (Å²) < 4.78 is 32.5. The molecular formula is C16H16N2O4S. The summed E-state index contributed by atoms with van der Waals surface area (Å²) in [5.41, 5.74) is 1.94. The van der Waals surface area contributed by atoms with Crippen LogP contribution in [0.1, 0.15) is 17.2 Å². The molecule has 3 rings (SSSR count). The van der Waals surface area contributed by atoms with Gasteiger partial charge in [0.2, 0.25) is 0 Å². The van der Waals surface area contributed by atoms with E-state index in [1.807, 2.05) is 0 Å². The highest BCUT2D eigenvalue weighted by Crippen LogP contribution is 2.24. The average Bonchev–Trinajstić information content (AvgIpc) is 2.94. The molecule has 1 atom stereocenters. The van der Waals surface area contributed by atoms with Crippen molar-refractivity contribution in [1.82, 2.24) is 5.32 Å². The Morgan fingerprint density at radius 3 is 2.43 bits per heavy atom. The van der Waals surface area contributed by atoms with Crippen LogP contribution in [0.15, 0.2) is 53.4 Å². The largest absolute Gasteiger partial charge is 0.439 e. The fourth-order valence-corrected chi connectivity index (χ4v) is 3.71. The van der Waals surface area contributed by atoms with Gasteiger partial charge in [0.25, 0.3) is 10.0 Å². The first kappa shape index (κ1) is 15.4. The third-order valence-corrected chi connectivity index (χ3v) is 5.14. The summed E-state index contributed by atoms with van der Waals surface area (Å²) >= 11 is 0. The third kappa shape index (κ3) is 3.29. The molecule has 0 saturated carbocycles. The van der Waals surface area contributed by atoms with Gasteiger partial charge in [0, 0.05) is 5.69 Å². The average molecular weight is 332 g/mol. The lowest BCUT2D eigenvalue weighted by atomic mass is 10.1. The van der Waals surface area contributed by atoms with Gasteiger partial charge in [-0.05, 0) is 36.2 Å². The molecule has 6 nitrogen and oxygen atoms in total. The summed E-state index contributed by atoms with van der Waals surface area (Å²) in [5, 5.41) is 2.58. The molecule has 1 amide bonds. The molecule has 1 heterocycles. The number of amides is 1. The van der Waals surface area contributed by atoms with Crippen LogP contribution < -0.4 is 10.0 Å². The Labute approximate surface area is 134 Å². The Balaban J connectivity index is 1.78. The minimum Gasteiger partial charge on any atom is -0.439 e. The molecule has 23 heavy (non-hydrogen) atoms. The summed E-state index contributed by atoms with van der Waals surface area (Å²) in [5.74, 6) is 0. The second-order valence-corrected chi connectivity index (χ2v) is 6.92. The zero-order valence-corrected chi connectivity index (χ0v) is 13.3. The number of carbonyl (C=O) groups is 1. The zero-order chi connectivity index (χ0) is 16.4. The van der Waals surface area contributed by atoms with Crippen molar-refractivity contribution in [2.75, 3.05) is 11.3 Å². The van der Waals surface area contributed by atoms with Crippen LogP contribution in [0.25, 0.3) is 0 Å². The predicted octanol–water partition coefficient (Wildman–Crippen LogP) is 2.58. The lowest BCUT2D eigenvalue weighted by Crippen LogP contribution is -2.14. The lowest BCUT2D eigenvalue weighted by molar-refractivity contribution is 0.141. The van der Waals surface area contributed by atoms with E-state index in [0.717, 1.165) is 5.56 Å². The Bertz CT molecular complexity index is 831. The first-order valence-corrected chi connectivity index (χ1v) is 8.57. The molecule has 120 valence electrons. The number of carbonyl (C=O) groups excluding carboxylic acids is 1. The summed E-state index contributed by atoms with van der Waals surface area (Å²) in [6.45, 7) is 2.16. The van der Waals surface area contributed by atoms with Crippen molar-refractivity contribution >= 4 is 21.8 Å². The highest BCUT2D eigenvalue weighted by molar-refractivity contribution is 7.92. The van der Waals surface area contributed by atoms with Gasteiger partial charge >= 0.3 is 6.09 Å². The van der Waals surface area contributed by atoms with Crippen molar-refractivity contribution in [3.8, 4) is 0 Å². The highest BCUT2D eigenvalue weighted by atomic mass is 32.2. The Morgan fingerprint density at radius 1 is 1.13 bits per heavy atom. The van der Waals surface area contributed by atoms with E-state index in [4.69, 9.17) is 4.74 Å². The maximum absolute atomic E-state index is 12.4. The molecule has 0 bridgehead atoms. The second-order valence-electron chi connectivity index (χ2n) is 5.27. The number of benzene rings is 2. The van der Waals surface area contributed by atoms with Crippen LogP contribution in [0.5, 0.6) is 0 Å². The maximum atomic E-state index is 12.4. The molecule has 0 spiro atoms. The Kier molecular flexibility index (Phi) is 3.96. The fourth-order valence-electron chi connectivity index (χ4n) is 2.41. The quantitative estimate of drug-likeness (QED) is 0.901. The summed E-state index contributed by atoms with van der Waals surface area (Å²) in [6, 6.07) is 13.6. The van der Waals surface area contributed by atoms with E-state index in [2.05, 4.69) is 10.0 Å². The molecule has 0 aromatic heterocycles. The number of alkyl carbamates (subject to hydrolysis) is 1. The molecule has 2 N–H and O–H groups in total. The van der Waals surface area contributed by atoms with Crippen LogP contribution in [-0.4, -0.2) is 21.1 Å². The first-order valence-electron chi connectivity index (χ1n) is 7.08. The smallest absolute Gasteiger partial charge is 0.407 e. The van der Waals surface area contributed by atoms with Crippen molar-refractivity contribution in [1.29, 1.82) is 0 Å². The van der Waals surface area contributed by atoms with Crippen LogP contribution in [0.3, 0.4) is 0 Å². The molecule has 1 unspecified atom stereocenters.